The quantitative estimate of drug-likeness (QED) is 0.300. The number of para-hydroxylation sites is 1. The highest BCUT2D eigenvalue weighted by molar-refractivity contribution is 5.82. The number of rotatable bonds is 4. The molecule has 4 aliphatic carbocycles. The Bertz CT molecular complexity index is 1530. The number of aromatic nitrogens is 2. The van der Waals surface area contributed by atoms with Crippen LogP contribution in [-0.4, -0.2) is 9.97 Å². The lowest BCUT2D eigenvalue weighted by Gasteiger charge is -2.54. The van der Waals surface area contributed by atoms with Crippen molar-refractivity contribution in [2.75, 3.05) is 0 Å². The monoisotopic (exact) mass is 516 g/mol. The Morgan fingerprint density at radius 3 is 2.13 bits per heavy atom. The number of hydrogen-bond acceptors (Lipinski definition) is 3. The van der Waals surface area contributed by atoms with E-state index in [1.807, 2.05) is 42.5 Å². The molecule has 1 heterocycles. The summed E-state index contributed by atoms with van der Waals surface area (Å²) in [6, 6.07) is 18.0. The largest absolute Gasteiger partial charge is 0.457 e. The Morgan fingerprint density at radius 1 is 0.842 bits per heavy atom. The summed E-state index contributed by atoms with van der Waals surface area (Å²) in [5.41, 5.74) is 0.893. The van der Waals surface area contributed by atoms with Gasteiger partial charge in [-0.3, -0.25) is 4.79 Å². The van der Waals surface area contributed by atoms with Crippen molar-refractivity contribution in [1.82, 2.24) is 9.97 Å². The zero-order valence-corrected chi connectivity index (χ0v) is 20.7. The number of fused-ring (bicyclic) bond motifs is 1. The van der Waals surface area contributed by atoms with Gasteiger partial charge in [-0.2, -0.15) is 13.2 Å². The molecule has 3 aromatic carbocycles. The van der Waals surface area contributed by atoms with Gasteiger partial charge >= 0.3 is 6.18 Å². The zero-order chi connectivity index (χ0) is 26.0. The van der Waals surface area contributed by atoms with E-state index < -0.39 is 11.7 Å². The summed E-state index contributed by atoms with van der Waals surface area (Å²) in [5.74, 6) is 4.83. The van der Waals surface area contributed by atoms with Crippen LogP contribution in [0.15, 0.2) is 71.5 Å². The van der Waals surface area contributed by atoms with Gasteiger partial charge in [0.05, 0.1) is 16.5 Å². The van der Waals surface area contributed by atoms with E-state index in [-0.39, 0.29) is 11.4 Å². The van der Waals surface area contributed by atoms with Crippen molar-refractivity contribution >= 4 is 10.9 Å². The van der Waals surface area contributed by atoms with Crippen LogP contribution in [0.4, 0.5) is 13.2 Å². The van der Waals surface area contributed by atoms with Crippen molar-refractivity contribution in [2.24, 2.45) is 23.7 Å². The summed E-state index contributed by atoms with van der Waals surface area (Å²) in [6.07, 6.45) is 1.88. The van der Waals surface area contributed by atoms with Gasteiger partial charge < -0.3 is 9.72 Å². The zero-order valence-electron chi connectivity index (χ0n) is 20.7. The molecular formula is C31H27F3N2O2. The standard InChI is InChI=1S/C31H27F3N2O2/c32-31(33,34)22-8-6-19(7-9-22)29-35-26-16-27(38-23-4-2-1-3-5-23)25(15-24(26)30(37)36-29)28-20-11-17-10-18(13-20)14-21(28)12-17/h1-9,15-18,20-21,28H,10-14H2,(H,35,36,37). The molecule has 0 spiro atoms. The van der Waals surface area contributed by atoms with Crippen molar-refractivity contribution in [2.45, 2.75) is 44.2 Å². The maximum Gasteiger partial charge on any atom is 0.416 e. The summed E-state index contributed by atoms with van der Waals surface area (Å²) < 4.78 is 45.5. The molecule has 4 fully saturated rings. The van der Waals surface area contributed by atoms with Crippen molar-refractivity contribution in [1.29, 1.82) is 0 Å². The first-order chi connectivity index (χ1) is 18.3. The number of benzene rings is 3. The SMILES string of the molecule is O=c1[nH]c(-c2ccc(C(F)(F)F)cc2)nc2cc(Oc3ccccc3)c(C3C4CC5CC(C4)CC3C5)cc12. The number of hydrogen-bond donors (Lipinski definition) is 1. The molecule has 1 aromatic heterocycles. The fourth-order valence-corrected chi connectivity index (χ4v) is 7.53. The van der Waals surface area contributed by atoms with Gasteiger partial charge in [-0.15, -0.1) is 0 Å². The van der Waals surface area contributed by atoms with Crippen LogP contribution in [0.3, 0.4) is 0 Å². The molecule has 4 bridgehead atoms. The number of ether oxygens (including phenoxy) is 1. The first-order valence-corrected chi connectivity index (χ1v) is 13.3. The first-order valence-electron chi connectivity index (χ1n) is 13.3. The fourth-order valence-electron chi connectivity index (χ4n) is 7.53. The summed E-state index contributed by atoms with van der Waals surface area (Å²) in [7, 11) is 0. The average Bonchev–Trinajstić information content (AvgIpc) is 2.88. The minimum Gasteiger partial charge on any atom is -0.457 e. The molecule has 0 saturated heterocycles. The number of aromatic amines is 1. The van der Waals surface area contributed by atoms with Gasteiger partial charge in [-0.1, -0.05) is 30.3 Å². The van der Waals surface area contributed by atoms with Crippen molar-refractivity contribution in [3.05, 3.63) is 88.2 Å². The Balaban J connectivity index is 1.34. The number of nitrogens with zero attached hydrogens (tertiary/aromatic N) is 1. The molecule has 0 atom stereocenters. The Morgan fingerprint density at radius 2 is 1.50 bits per heavy atom. The maximum absolute atomic E-state index is 13.3. The van der Waals surface area contributed by atoms with E-state index in [0.717, 1.165) is 29.5 Å². The maximum atomic E-state index is 13.3. The average molecular weight is 517 g/mol. The molecule has 4 nitrogen and oxygen atoms in total. The van der Waals surface area contributed by atoms with E-state index in [2.05, 4.69) is 9.97 Å². The third-order valence-corrected chi connectivity index (χ3v) is 8.88. The van der Waals surface area contributed by atoms with E-state index in [9.17, 15) is 18.0 Å². The van der Waals surface area contributed by atoms with E-state index >= 15 is 0 Å². The Labute approximate surface area is 217 Å². The van der Waals surface area contributed by atoms with Crippen molar-refractivity contribution < 1.29 is 17.9 Å². The number of H-pyrrole nitrogens is 1. The molecule has 0 amide bonds. The number of halogens is 3. The second kappa shape index (κ2) is 8.72. The first kappa shape index (κ1) is 23.5. The van der Waals surface area contributed by atoms with Crippen LogP contribution >= 0.6 is 0 Å². The van der Waals surface area contributed by atoms with Gasteiger partial charge in [0.1, 0.15) is 17.3 Å². The smallest absolute Gasteiger partial charge is 0.416 e. The molecular weight excluding hydrogens is 489 g/mol. The molecule has 0 aliphatic heterocycles. The third-order valence-electron chi connectivity index (χ3n) is 8.88. The Kier molecular flexibility index (Phi) is 5.39. The molecule has 0 unspecified atom stereocenters. The van der Waals surface area contributed by atoms with Crippen LogP contribution in [0.25, 0.3) is 22.3 Å². The summed E-state index contributed by atoms with van der Waals surface area (Å²) >= 11 is 0. The summed E-state index contributed by atoms with van der Waals surface area (Å²) in [5, 5.41) is 0.477. The van der Waals surface area contributed by atoms with E-state index in [1.165, 1.54) is 44.2 Å². The van der Waals surface area contributed by atoms with E-state index in [1.54, 1.807) is 0 Å². The molecule has 4 aromatic rings. The minimum atomic E-state index is -4.43. The second-order valence-electron chi connectivity index (χ2n) is 11.3. The van der Waals surface area contributed by atoms with Crippen LogP contribution in [-0.2, 0) is 6.18 Å². The van der Waals surface area contributed by atoms with Gasteiger partial charge in [-0.25, -0.2) is 4.98 Å². The minimum absolute atomic E-state index is 0.226. The van der Waals surface area contributed by atoms with Gasteiger partial charge in [0.2, 0.25) is 0 Å². The van der Waals surface area contributed by atoms with E-state index in [0.29, 0.717) is 45.7 Å². The van der Waals surface area contributed by atoms with Gasteiger partial charge in [0.25, 0.3) is 5.56 Å². The normalized spacial score (nSPS) is 26.1. The number of alkyl halides is 3. The van der Waals surface area contributed by atoms with Crippen LogP contribution < -0.4 is 10.3 Å². The Hall–Kier alpha value is -3.61. The molecule has 1 N–H and O–H groups in total. The highest BCUT2D eigenvalue weighted by Crippen LogP contribution is 2.61. The van der Waals surface area contributed by atoms with Crippen LogP contribution in [0.1, 0.15) is 49.1 Å². The van der Waals surface area contributed by atoms with E-state index in [4.69, 9.17) is 4.74 Å². The van der Waals surface area contributed by atoms with Crippen LogP contribution in [0.2, 0.25) is 0 Å². The molecule has 4 aliphatic rings. The van der Waals surface area contributed by atoms with Crippen LogP contribution in [0, 0.1) is 23.7 Å². The fraction of sp³-hybridized carbons (Fsp3) is 0.355. The lowest BCUT2D eigenvalue weighted by molar-refractivity contribution is -0.137. The highest BCUT2D eigenvalue weighted by atomic mass is 19.4. The predicted molar refractivity (Wildman–Crippen MR) is 139 cm³/mol. The molecule has 0 radical (unpaired) electrons. The summed E-state index contributed by atoms with van der Waals surface area (Å²) in [4.78, 5) is 20.8. The van der Waals surface area contributed by atoms with Gasteiger partial charge in [0, 0.05) is 11.6 Å². The molecule has 8 rings (SSSR count). The van der Waals surface area contributed by atoms with Gasteiger partial charge in [0.15, 0.2) is 0 Å². The predicted octanol–water partition coefficient (Wildman–Crippen LogP) is 7.94. The lowest BCUT2D eigenvalue weighted by Crippen LogP contribution is -2.43. The highest BCUT2D eigenvalue weighted by Gasteiger charge is 2.49. The molecule has 4 saturated carbocycles. The third kappa shape index (κ3) is 4.08. The molecule has 194 valence electrons. The van der Waals surface area contributed by atoms with Crippen molar-refractivity contribution in [3.8, 4) is 22.9 Å². The van der Waals surface area contributed by atoms with Crippen LogP contribution in [0.5, 0.6) is 11.5 Å². The molecule has 38 heavy (non-hydrogen) atoms. The summed E-state index contributed by atoms with van der Waals surface area (Å²) in [6.45, 7) is 0. The molecule has 7 heteroatoms. The van der Waals surface area contributed by atoms with Crippen molar-refractivity contribution in [3.63, 3.8) is 0 Å². The number of nitrogens with one attached hydrogen (secondary N) is 1. The lowest BCUT2D eigenvalue weighted by atomic mass is 9.50. The topological polar surface area (TPSA) is 55.0 Å². The van der Waals surface area contributed by atoms with Gasteiger partial charge in [-0.05, 0) is 97.6 Å². The second-order valence-corrected chi connectivity index (χ2v) is 11.3.